The predicted octanol–water partition coefficient (Wildman–Crippen LogP) is 17.1. The highest BCUT2D eigenvalue weighted by Gasteiger charge is 2.25. The average molecular weight is 891 g/mol. The van der Waals surface area contributed by atoms with Crippen molar-refractivity contribution in [1.82, 2.24) is 14.1 Å². The van der Waals surface area contributed by atoms with Gasteiger partial charge in [0.2, 0.25) is 0 Å². The fourth-order valence-corrected chi connectivity index (χ4v) is 10.5. The Morgan fingerprint density at radius 3 is 0.957 bits per heavy atom. The lowest BCUT2D eigenvalue weighted by molar-refractivity contribution is 1.12. The van der Waals surface area contributed by atoms with Gasteiger partial charge in [0.15, 0.2) is 0 Å². The Hall–Kier alpha value is -9.56. The van der Waals surface area contributed by atoms with Crippen LogP contribution in [0, 0.1) is 11.3 Å². The van der Waals surface area contributed by atoms with Crippen molar-refractivity contribution in [2.24, 2.45) is 0 Å². The van der Waals surface area contributed by atoms with Crippen LogP contribution in [0.2, 0.25) is 0 Å². The molecule has 0 radical (unpaired) electrons. The van der Waals surface area contributed by atoms with Crippen LogP contribution in [0.15, 0.2) is 255 Å². The lowest BCUT2D eigenvalue weighted by Crippen LogP contribution is -2.06. The predicted molar refractivity (Wildman–Crippen MR) is 290 cm³/mol. The van der Waals surface area contributed by atoms with E-state index in [0.29, 0.717) is 5.56 Å². The van der Waals surface area contributed by atoms with Crippen molar-refractivity contribution >= 4 is 43.6 Å². The number of pyridine rings is 1. The lowest BCUT2D eigenvalue weighted by atomic mass is 9.96. The third kappa shape index (κ3) is 6.88. The van der Waals surface area contributed by atoms with Crippen LogP contribution >= 0.6 is 0 Å². The molecular formula is C66H42N4. The SMILES string of the molecule is N#Cc1c(-n2c3cc(-c4ccccc4)ccc3c3ccc(-c4ccccc4)cc32)cc(-c2cccnc2-c2ccccc2)cc1-n1c2cc(-c3ccccc3)ccc2c2ccc(-c3ccccc3)cc21. The summed E-state index contributed by atoms with van der Waals surface area (Å²) in [4.78, 5) is 5.05. The molecule has 70 heavy (non-hydrogen) atoms. The summed E-state index contributed by atoms with van der Waals surface area (Å²) < 4.78 is 4.68. The molecule has 326 valence electrons. The molecule has 0 aliphatic rings. The van der Waals surface area contributed by atoms with E-state index in [2.05, 4.69) is 252 Å². The molecule has 3 heterocycles. The van der Waals surface area contributed by atoms with Crippen LogP contribution in [0.5, 0.6) is 0 Å². The minimum absolute atomic E-state index is 0.553. The number of fused-ring (bicyclic) bond motifs is 6. The maximum absolute atomic E-state index is 12.0. The highest BCUT2D eigenvalue weighted by Crippen LogP contribution is 2.44. The van der Waals surface area contributed by atoms with E-state index in [0.717, 1.165) is 122 Å². The highest BCUT2D eigenvalue weighted by molar-refractivity contribution is 6.13. The Labute approximate surface area is 405 Å². The van der Waals surface area contributed by atoms with E-state index in [1.807, 2.05) is 18.3 Å². The third-order valence-electron chi connectivity index (χ3n) is 13.8. The monoisotopic (exact) mass is 890 g/mol. The van der Waals surface area contributed by atoms with E-state index in [4.69, 9.17) is 4.98 Å². The molecule has 4 nitrogen and oxygen atoms in total. The smallest absolute Gasteiger partial charge is 0.104 e. The normalized spacial score (nSPS) is 11.4. The molecule has 0 fully saturated rings. The Bertz CT molecular complexity index is 3730. The summed E-state index contributed by atoms with van der Waals surface area (Å²) in [6, 6.07) is 91.0. The minimum atomic E-state index is 0.553. The summed E-state index contributed by atoms with van der Waals surface area (Å²) in [5.74, 6) is 0. The van der Waals surface area contributed by atoms with E-state index in [9.17, 15) is 5.26 Å². The van der Waals surface area contributed by atoms with Gasteiger partial charge in [-0.15, -0.1) is 0 Å². The van der Waals surface area contributed by atoms with Gasteiger partial charge < -0.3 is 9.13 Å². The van der Waals surface area contributed by atoms with Crippen LogP contribution in [-0.2, 0) is 0 Å². The van der Waals surface area contributed by atoms with Crippen molar-refractivity contribution in [2.45, 2.75) is 0 Å². The maximum Gasteiger partial charge on any atom is 0.104 e. The van der Waals surface area contributed by atoms with Crippen LogP contribution in [0.4, 0.5) is 0 Å². The zero-order valence-corrected chi connectivity index (χ0v) is 38.0. The molecule has 4 heteroatoms. The first-order valence-electron chi connectivity index (χ1n) is 23.7. The first kappa shape index (κ1) is 40.7. The summed E-state index contributed by atoms with van der Waals surface area (Å²) in [6.45, 7) is 0. The Balaban J connectivity index is 1.19. The van der Waals surface area contributed by atoms with Gasteiger partial charge in [-0.05, 0) is 92.5 Å². The molecule has 0 N–H and O–H groups in total. The molecule has 0 atom stereocenters. The third-order valence-corrected chi connectivity index (χ3v) is 13.8. The van der Waals surface area contributed by atoms with Crippen LogP contribution in [-0.4, -0.2) is 14.1 Å². The number of hydrogen-bond acceptors (Lipinski definition) is 2. The van der Waals surface area contributed by atoms with Crippen LogP contribution in [0.25, 0.3) is 122 Å². The molecule has 0 aliphatic carbocycles. The van der Waals surface area contributed by atoms with E-state index < -0.39 is 0 Å². The van der Waals surface area contributed by atoms with Gasteiger partial charge in [0.25, 0.3) is 0 Å². The highest BCUT2D eigenvalue weighted by atomic mass is 15.0. The van der Waals surface area contributed by atoms with E-state index in [1.165, 1.54) is 0 Å². The quantitative estimate of drug-likeness (QED) is 0.153. The second-order valence-electron chi connectivity index (χ2n) is 17.8. The van der Waals surface area contributed by atoms with Gasteiger partial charge in [-0.1, -0.05) is 206 Å². The summed E-state index contributed by atoms with van der Waals surface area (Å²) >= 11 is 0. The van der Waals surface area contributed by atoms with Crippen molar-refractivity contribution < 1.29 is 0 Å². The van der Waals surface area contributed by atoms with Gasteiger partial charge in [0.1, 0.15) is 11.6 Å². The van der Waals surface area contributed by atoms with Crippen molar-refractivity contribution in [3.8, 4) is 84.3 Å². The Morgan fingerprint density at radius 2 is 0.629 bits per heavy atom. The fraction of sp³-hybridized carbons (Fsp3) is 0. The first-order valence-corrected chi connectivity index (χ1v) is 23.7. The number of hydrogen-bond donors (Lipinski definition) is 0. The molecule has 0 saturated carbocycles. The molecule has 0 saturated heterocycles. The molecule has 0 aliphatic heterocycles. The summed E-state index contributed by atoms with van der Waals surface area (Å²) in [6.07, 6.45) is 1.86. The van der Waals surface area contributed by atoms with Gasteiger partial charge in [-0.3, -0.25) is 4.98 Å². The Kier molecular flexibility index (Phi) is 9.85. The number of aromatic nitrogens is 3. The topological polar surface area (TPSA) is 46.5 Å². The minimum Gasteiger partial charge on any atom is -0.308 e. The van der Waals surface area contributed by atoms with Crippen LogP contribution in [0.3, 0.4) is 0 Å². The Morgan fingerprint density at radius 1 is 0.300 bits per heavy atom. The molecule has 0 unspecified atom stereocenters. The molecule has 0 amide bonds. The average Bonchev–Trinajstić information content (AvgIpc) is 3.95. The van der Waals surface area contributed by atoms with Crippen molar-refractivity contribution in [1.29, 1.82) is 5.26 Å². The summed E-state index contributed by atoms with van der Waals surface area (Å²) in [5, 5.41) is 16.4. The summed E-state index contributed by atoms with van der Waals surface area (Å²) in [5.41, 5.74) is 18.8. The van der Waals surface area contributed by atoms with Gasteiger partial charge in [-0.25, -0.2) is 0 Å². The first-order chi connectivity index (χ1) is 34.7. The lowest BCUT2D eigenvalue weighted by Gasteiger charge is -2.20. The van der Waals surface area contributed by atoms with E-state index >= 15 is 0 Å². The zero-order valence-electron chi connectivity index (χ0n) is 38.0. The van der Waals surface area contributed by atoms with Gasteiger partial charge in [0, 0.05) is 38.9 Å². The van der Waals surface area contributed by atoms with E-state index in [-0.39, 0.29) is 0 Å². The van der Waals surface area contributed by atoms with Crippen molar-refractivity contribution in [2.75, 3.05) is 0 Å². The standard InChI is InChI=1S/C66H42N4/c67-43-59-64(69-60-37-49(44-17-6-1-7-18-44)28-32-55(60)56-33-29-50(38-61(56)69)45-19-8-2-9-20-45)41-53(54-27-16-36-68-66(54)48-25-14-5-15-26-48)42-65(59)70-62-39-51(46-21-10-3-11-22-46)30-34-57(62)58-35-31-52(40-63(58)70)47-23-12-4-13-24-47/h1-42H. The number of rotatable bonds is 8. The molecule has 0 bridgehead atoms. The van der Waals surface area contributed by atoms with E-state index in [1.54, 1.807) is 0 Å². The number of nitrogens with zero attached hydrogens (tertiary/aromatic N) is 4. The maximum atomic E-state index is 12.0. The van der Waals surface area contributed by atoms with Gasteiger partial charge in [0.05, 0.1) is 39.1 Å². The number of benzene rings is 10. The summed E-state index contributed by atoms with van der Waals surface area (Å²) in [7, 11) is 0. The zero-order chi connectivity index (χ0) is 46.5. The second kappa shape index (κ2) is 16.9. The molecular weight excluding hydrogens is 849 g/mol. The largest absolute Gasteiger partial charge is 0.308 e. The molecule has 0 spiro atoms. The second-order valence-corrected chi connectivity index (χ2v) is 17.8. The molecule has 13 rings (SSSR count). The van der Waals surface area contributed by atoms with Gasteiger partial charge in [-0.2, -0.15) is 5.26 Å². The molecule has 3 aromatic heterocycles. The van der Waals surface area contributed by atoms with Gasteiger partial charge >= 0.3 is 0 Å². The molecule has 10 aromatic carbocycles. The van der Waals surface area contributed by atoms with Crippen LogP contribution in [0.1, 0.15) is 5.56 Å². The molecule has 13 aromatic rings. The van der Waals surface area contributed by atoms with Crippen LogP contribution < -0.4 is 0 Å². The number of nitriles is 1. The fourth-order valence-electron chi connectivity index (χ4n) is 10.5. The van der Waals surface area contributed by atoms with Crippen molar-refractivity contribution in [3.05, 3.63) is 260 Å². The van der Waals surface area contributed by atoms with Crippen molar-refractivity contribution in [3.63, 3.8) is 0 Å².